The molecule has 0 atom stereocenters. The second-order valence-corrected chi connectivity index (χ2v) is 6.32. The quantitative estimate of drug-likeness (QED) is 0.864. The number of sulfone groups is 1. The molecule has 0 aliphatic carbocycles. The summed E-state index contributed by atoms with van der Waals surface area (Å²) in [5, 5.41) is 2.62. The third-order valence-corrected chi connectivity index (χ3v) is 5.57. The van der Waals surface area contributed by atoms with Gasteiger partial charge in [-0.15, -0.1) is 0 Å². The van der Waals surface area contributed by atoms with Crippen LogP contribution in [0.2, 0.25) is 0 Å². The summed E-state index contributed by atoms with van der Waals surface area (Å²) in [7, 11) is 0.0479. The summed E-state index contributed by atoms with van der Waals surface area (Å²) >= 11 is 0. The first kappa shape index (κ1) is 14.8. The van der Waals surface area contributed by atoms with Crippen LogP contribution in [0.3, 0.4) is 0 Å². The fourth-order valence-electron chi connectivity index (χ4n) is 1.98. The largest absolute Gasteiger partial charge is 0.495 e. The summed E-state index contributed by atoms with van der Waals surface area (Å²) in [6.45, 7) is 3.79. The SMILES string of the molecule is CCC(CC)S(=O)(=O)c1ccc(OC)c(NC)c1. The van der Waals surface area contributed by atoms with Gasteiger partial charge in [0.1, 0.15) is 5.75 Å². The summed E-state index contributed by atoms with van der Waals surface area (Å²) in [5.74, 6) is 0.640. The van der Waals surface area contributed by atoms with Crippen LogP contribution in [-0.2, 0) is 9.84 Å². The molecule has 18 heavy (non-hydrogen) atoms. The molecule has 0 radical (unpaired) electrons. The van der Waals surface area contributed by atoms with Gasteiger partial charge in [-0.1, -0.05) is 13.8 Å². The van der Waals surface area contributed by atoms with E-state index in [0.29, 0.717) is 29.2 Å². The van der Waals surface area contributed by atoms with Gasteiger partial charge in [-0.25, -0.2) is 8.42 Å². The van der Waals surface area contributed by atoms with Crippen LogP contribution in [0.5, 0.6) is 5.75 Å². The molecule has 0 heterocycles. The van der Waals surface area contributed by atoms with E-state index in [4.69, 9.17) is 4.74 Å². The van der Waals surface area contributed by atoms with Gasteiger partial charge < -0.3 is 10.1 Å². The lowest BCUT2D eigenvalue weighted by Crippen LogP contribution is -2.19. The summed E-state index contributed by atoms with van der Waals surface area (Å²) in [4.78, 5) is 0.348. The molecule has 4 nitrogen and oxygen atoms in total. The van der Waals surface area contributed by atoms with E-state index in [-0.39, 0.29) is 5.25 Å². The molecule has 0 aromatic heterocycles. The Morgan fingerprint density at radius 3 is 2.33 bits per heavy atom. The van der Waals surface area contributed by atoms with Crippen molar-refractivity contribution in [2.45, 2.75) is 36.8 Å². The van der Waals surface area contributed by atoms with Crippen molar-refractivity contribution in [2.24, 2.45) is 0 Å². The molecule has 0 aliphatic rings. The Labute approximate surface area is 109 Å². The van der Waals surface area contributed by atoms with Crippen molar-refractivity contribution in [3.63, 3.8) is 0 Å². The molecule has 0 spiro atoms. The number of ether oxygens (including phenoxy) is 1. The summed E-state index contributed by atoms with van der Waals surface area (Å²) in [6, 6.07) is 4.92. The number of benzene rings is 1. The summed E-state index contributed by atoms with van der Waals surface area (Å²) in [5.41, 5.74) is 0.685. The average Bonchev–Trinajstić information content (AvgIpc) is 2.38. The predicted molar refractivity (Wildman–Crippen MR) is 74.1 cm³/mol. The third-order valence-electron chi connectivity index (χ3n) is 3.12. The van der Waals surface area contributed by atoms with E-state index < -0.39 is 9.84 Å². The summed E-state index contributed by atoms with van der Waals surface area (Å²) in [6.07, 6.45) is 1.25. The fraction of sp³-hybridized carbons (Fsp3) is 0.538. The minimum atomic E-state index is -3.25. The molecule has 1 aromatic carbocycles. The predicted octanol–water partition coefficient (Wildman–Crippen LogP) is 2.70. The standard InChI is InChI=1S/C13H21NO3S/c1-5-10(6-2)18(15,16)11-7-8-13(17-4)12(9-11)14-3/h7-10,14H,5-6H2,1-4H3. The van der Waals surface area contributed by atoms with E-state index in [1.165, 1.54) is 0 Å². The van der Waals surface area contributed by atoms with Crippen molar-refractivity contribution in [1.82, 2.24) is 0 Å². The van der Waals surface area contributed by atoms with Crippen molar-refractivity contribution in [3.8, 4) is 5.75 Å². The van der Waals surface area contributed by atoms with Crippen LogP contribution in [0, 0.1) is 0 Å². The molecule has 5 heteroatoms. The second kappa shape index (κ2) is 6.09. The van der Waals surface area contributed by atoms with E-state index >= 15 is 0 Å². The molecular formula is C13H21NO3S. The maximum absolute atomic E-state index is 12.4. The van der Waals surface area contributed by atoms with E-state index in [1.807, 2.05) is 13.8 Å². The first-order chi connectivity index (χ1) is 8.51. The molecule has 0 aliphatic heterocycles. The van der Waals surface area contributed by atoms with Crippen LogP contribution in [0.25, 0.3) is 0 Å². The Kier molecular flexibility index (Phi) is 5.02. The van der Waals surface area contributed by atoms with Crippen LogP contribution in [0.4, 0.5) is 5.69 Å². The van der Waals surface area contributed by atoms with Crippen molar-refractivity contribution >= 4 is 15.5 Å². The second-order valence-electron chi connectivity index (χ2n) is 4.10. The monoisotopic (exact) mass is 271 g/mol. The Hall–Kier alpha value is -1.23. The molecule has 0 saturated heterocycles. The molecule has 0 fully saturated rings. The van der Waals surface area contributed by atoms with Gasteiger partial charge in [-0.05, 0) is 31.0 Å². The molecule has 0 saturated carbocycles. The highest BCUT2D eigenvalue weighted by Crippen LogP contribution is 2.29. The topological polar surface area (TPSA) is 55.4 Å². The van der Waals surface area contributed by atoms with Crippen molar-refractivity contribution in [1.29, 1.82) is 0 Å². The molecule has 0 amide bonds. The van der Waals surface area contributed by atoms with Crippen molar-refractivity contribution < 1.29 is 13.2 Å². The number of nitrogens with one attached hydrogen (secondary N) is 1. The van der Waals surface area contributed by atoms with Gasteiger partial charge >= 0.3 is 0 Å². The van der Waals surface area contributed by atoms with Gasteiger partial charge in [0.15, 0.2) is 9.84 Å². The lowest BCUT2D eigenvalue weighted by molar-refractivity contribution is 0.416. The fourth-order valence-corrected chi connectivity index (χ4v) is 3.78. The molecule has 1 rings (SSSR count). The van der Waals surface area contributed by atoms with E-state index in [0.717, 1.165) is 0 Å². The summed E-state index contributed by atoms with van der Waals surface area (Å²) < 4.78 is 29.9. The van der Waals surface area contributed by atoms with E-state index in [2.05, 4.69) is 5.32 Å². The van der Waals surface area contributed by atoms with Gasteiger partial charge in [-0.3, -0.25) is 0 Å². The van der Waals surface area contributed by atoms with Gasteiger partial charge in [0.2, 0.25) is 0 Å². The number of anilines is 1. The maximum atomic E-state index is 12.4. The maximum Gasteiger partial charge on any atom is 0.181 e. The van der Waals surface area contributed by atoms with Gasteiger partial charge in [-0.2, -0.15) is 0 Å². The number of methoxy groups -OCH3 is 1. The van der Waals surface area contributed by atoms with Crippen LogP contribution < -0.4 is 10.1 Å². The molecule has 0 unspecified atom stereocenters. The molecule has 0 bridgehead atoms. The lowest BCUT2D eigenvalue weighted by atomic mass is 10.3. The van der Waals surface area contributed by atoms with Crippen LogP contribution in [-0.4, -0.2) is 27.8 Å². The highest BCUT2D eigenvalue weighted by Gasteiger charge is 2.25. The molecule has 1 aromatic rings. The molecule has 1 N–H and O–H groups in total. The van der Waals surface area contributed by atoms with Crippen LogP contribution >= 0.6 is 0 Å². The number of hydrogen-bond donors (Lipinski definition) is 1. The Balaban J connectivity index is 3.25. The number of rotatable bonds is 6. The Bertz CT molecular complexity index is 493. The van der Waals surface area contributed by atoms with Gasteiger partial charge in [0, 0.05) is 7.05 Å². The lowest BCUT2D eigenvalue weighted by Gasteiger charge is -2.15. The molecule has 102 valence electrons. The molecular weight excluding hydrogens is 250 g/mol. The van der Waals surface area contributed by atoms with Crippen LogP contribution in [0.15, 0.2) is 23.1 Å². The van der Waals surface area contributed by atoms with Gasteiger partial charge in [0.05, 0.1) is 22.9 Å². The van der Waals surface area contributed by atoms with Crippen molar-refractivity contribution in [3.05, 3.63) is 18.2 Å². The third kappa shape index (κ3) is 2.77. The highest BCUT2D eigenvalue weighted by atomic mass is 32.2. The zero-order valence-electron chi connectivity index (χ0n) is 11.4. The Morgan fingerprint density at radius 2 is 1.89 bits per heavy atom. The smallest absolute Gasteiger partial charge is 0.181 e. The van der Waals surface area contributed by atoms with E-state index in [1.54, 1.807) is 32.4 Å². The zero-order valence-corrected chi connectivity index (χ0v) is 12.2. The zero-order chi connectivity index (χ0) is 13.8. The minimum absolute atomic E-state index is 0.324. The highest BCUT2D eigenvalue weighted by molar-refractivity contribution is 7.92. The first-order valence-electron chi connectivity index (χ1n) is 6.10. The minimum Gasteiger partial charge on any atom is -0.495 e. The number of hydrogen-bond acceptors (Lipinski definition) is 4. The normalized spacial score (nSPS) is 11.6. The van der Waals surface area contributed by atoms with Gasteiger partial charge in [0.25, 0.3) is 0 Å². The first-order valence-corrected chi connectivity index (χ1v) is 7.65. The van der Waals surface area contributed by atoms with Crippen LogP contribution in [0.1, 0.15) is 26.7 Å². The average molecular weight is 271 g/mol. The van der Waals surface area contributed by atoms with E-state index in [9.17, 15) is 8.42 Å². The Morgan fingerprint density at radius 1 is 1.28 bits per heavy atom. The van der Waals surface area contributed by atoms with Crippen molar-refractivity contribution in [2.75, 3.05) is 19.5 Å².